The minimum Gasteiger partial charge on any atom is -0.373 e. The Morgan fingerprint density at radius 1 is 1.24 bits per heavy atom. The Labute approximate surface area is 206 Å². The first-order chi connectivity index (χ1) is 16.0. The maximum absolute atomic E-state index is 13.6. The number of hydrogen-bond donors (Lipinski definition) is 1. The van der Waals surface area contributed by atoms with E-state index in [1.165, 1.54) is 9.75 Å². The molecule has 1 amide bonds. The molecule has 0 aromatic carbocycles. The molecule has 1 fully saturated rings. The molecule has 2 unspecified atom stereocenters. The van der Waals surface area contributed by atoms with E-state index in [1.807, 2.05) is 10.7 Å². The average molecular weight is 484 g/mol. The molecule has 4 heterocycles. The molecular weight excluding hydrogens is 446 g/mol. The number of rotatable bonds is 6. The molecular formula is C26H37N5O2S. The lowest BCUT2D eigenvalue weighted by atomic mass is 9.99. The largest absolute Gasteiger partial charge is 0.373 e. The highest BCUT2D eigenvalue weighted by atomic mass is 32.1. The number of carbonyl (C=O) groups is 1. The Kier molecular flexibility index (Phi) is 6.86. The second-order valence-corrected chi connectivity index (χ2v) is 11.9. The number of amides is 1. The van der Waals surface area contributed by atoms with Gasteiger partial charge >= 0.3 is 0 Å². The van der Waals surface area contributed by atoms with Crippen molar-refractivity contribution in [1.29, 1.82) is 0 Å². The van der Waals surface area contributed by atoms with Crippen LogP contribution in [-0.4, -0.2) is 63.0 Å². The number of fused-ring (bicyclic) bond motifs is 1. The van der Waals surface area contributed by atoms with E-state index in [2.05, 4.69) is 76.8 Å². The summed E-state index contributed by atoms with van der Waals surface area (Å²) < 4.78 is 7.79. The molecule has 0 aliphatic carbocycles. The summed E-state index contributed by atoms with van der Waals surface area (Å²) in [6, 6.07) is 4.21. The topological polar surface area (TPSA) is 72.3 Å². The lowest BCUT2D eigenvalue weighted by Gasteiger charge is -2.45. The van der Waals surface area contributed by atoms with Crippen molar-refractivity contribution in [1.82, 2.24) is 25.0 Å². The van der Waals surface area contributed by atoms with Crippen LogP contribution in [0.4, 0.5) is 0 Å². The molecule has 1 aliphatic rings. The molecule has 1 saturated heterocycles. The molecule has 0 spiro atoms. The number of ether oxygens (including phenoxy) is 1. The van der Waals surface area contributed by atoms with Crippen molar-refractivity contribution in [3.8, 4) is 11.3 Å². The summed E-state index contributed by atoms with van der Waals surface area (Å²) in [7, 11) is 0. The highest BCUT2D eigenvalue weighted by Gasteiger charge is 2.33. The summed E-state index contributed by atoms with van der Waals surface area (Å²) in [6.07, 6.45) is 2.13. The van der Waals surface area contributed by atoms with Gasteiger partial charge in [0.1, 0.15) is 0 Å². The van der Waals surface area contributed by atoms with Crippen LogP contribution in [0.5, 0.6) is 0 Å². The van der Waals surface area contributed by atoms with E-state index in [0.717, 1.165) is 35.4 Å². The number of nitrogens with one attached hydrogen (secondary N) is 1. The molecule has 4 rings (SSSR count). The highest BCUT2D eigenvalue weighted by Crippen LogP contribution is 2.32. The normalized spacial score (nSPS) is 19.8. The van der Waals surface area contributed by atoms with Gasteiger partial charge in [-0.2, -0.15) is 5.10 Å². The van der Waals surface area contributed by atoms with E-state index in [1.54, 1.807) is 17.5 Å². The molecule has 0 saturated carbocycles. The van der Waals surface area contributed by atoms with Gasteiger partial charge in [0.2, 0.25) is 0 Å². The van der Waals surface area contributed by atoms with Gasteiger partial charge in [-0.1, -0.05) is 0 Å². The van der Waals surface area contributed by atoms with Gasteiger partial charge in [-0.25, -0.2) is 9.67 Å². The molecule has 1 aliphatic heterocycles. The predicted octanol–water partition coefficient (Wildman–Crippen LogP) is 4.98. The second-order valence-electron chi connectivity index (χ2n) is 10.5. The number of pyridine rings is 1. The van der Waals surface area contributed by atoms with Crippen molar-refractivity contribution in [3.63, 3.8) is 0 Å². The Hall–Kier alpha value is -2.29. The van der Waals surface area contributed by atoms with Gasteiger partial charge in [-0.05, 0) is 67.5 Å². The smallest absolute Gasteiger partial charge is 0.252 e. The maximum atomic E-state index is 13.6. The second kappa shape index (κ2) is 9.40. The van der Waals surface area contributed by atoms with Crippen molar-refractivity contribution in [2.75, 3.05) is 19.6 Å². The van der Waals surface area contributed by atoms with Gasteiger partial charge in [-0.15, -0.1) is 11.3 Å². The van der Waals surface area contributed by atoms with E-state index >= 15 is 0 Å². The third-order valence-corrected chi connectivity index (χ3v) is 7.54. The molecule has 0 bridgehead atoms. The first-order valence-electron chi connectivity index (χ1n) is 12.1. The zero-order valence-electron chi connectivity index (χ0n) is 21.6. The standard InChI is InChI=1S/C26H37N5O2S/c1-15(2)31-24-22(11-28-31)21(10-23(29-24)20-9-18(5)34-19(20)6)25(32)27-14-26(7,8)30-12-16(3)33-17(4)13-30/h9-11,15-17H,12-14H2,1-8H3,(H,27,32). The van der Waals surface area contributed by atoms with Crippen LogP contribution >= 0.6 is 11.3 Å². The molecule has 8 heteroatoms. The fraction of sp³-hybridized carbons (Fsp3) is 0.577. The minimum atomic E-state index is -0.194. The number of hydrogen-bond acceptors (Lipinski definition) is 6. The van der Waals surface area contributed by atoms with E-state index in [4.69, 9.17) is 9.72 Å². The Morgan fingerprint density at radius 2 is 1.91 bits per heavy atom. The monoisotopic (exact) mass is 483 g/mol. The molecule has 34 heavy (non-hydrogen) atoms. The lowest BCUT2D eigenvalue weighted by molar-refractivity contribution is -0.0948. The molecule has 2 atom stereocenters. The summed E-state index contributed by atoms with van der Waals surface area (Å²) in [6.45, 7) is 19.2. The van der Waals surface area contributed by atoms with Gasteiger partial charge in [0.15, 0.2) is 5.65 Å². The summed E-state index contributed by atoms with van der Waals surface area (Å²) >= 11 is 1.75. The molecule has 3 aromatic heterocycles. The van der Waals surface area contributed by atoms with Gasteiger partial charge in [0.25, 0.3) is 5.91 Å². The first kappa shape index (κ1) is 24.8. The van der Waals surface area contributed by atoms with Crippen LogP contribution in [0.2, 0.25) is 0 Å². The minimum absolute atomic E-state index is 0.0935. The van der Waals surface area contributed by atoms with Gasteiger partial charge < -0.3 is 10.1 Å². The zero-order valence-corrected chi connectivity index (χ0v) is 22.4. The number of nitrogens with zero attached hydrogens (tertiary/aromatic N) is 4. The summed E-state index contributed by atoms with van der Waals surface area (Å²) in [5.41, 5.74) is 3.06. The van der Waals surface area contributed by atoms with Gasteiger partial charge in [0.05, 0.1) is 35.0 Å². The Morgan fingerprint density at radius 3 is 2.50 bits per heavy atom. The van der Waals surface area contributed by atoms with Crippen molar-refractivity contribution < 1.29 is 9.53 Å². The highest BCUT2D eigenvalue weighted by molar-refractivity contribution is 7.12. The molecule has 3 aromatic rings. The van der Waals surface area contributed by atoms with Crippen LogP contribution in [0.15, 0.2) is 18.3 Å². The predicted molar refractivity (Wildman–Crippen MR) is 139 cm³/mol. The summed E-state index contributed by atoms with van der Waals surface area (Å²) in [5, 5.41) is 8.55. The van der Waals surface area contributed by atoms with Gasteiger partial charge in [0, 0.05) is 46.5 Å². The van der Waals surface area contributed by atoms with E-state index in [-0.39, 0.29) is 29.7 Å². The third kappa shape index (κ3) is 4.90. The van der Waals surface area contributed by atoms with Crippen molar-refractivity contribution in [2.45, 2.75) is 79.2 Å². The quantitative estimate of drug-likeness (QED) is 0.536. The van der Waals surface area contributed by atoms with Crippen LogP contribution in [-0.2, 0) is 4.74 Å². The van der Waals surface area contributed by atoms with Crippen molar-refractivity contribution in [3.05, 3.63) is 33.6 Å². The fourth-order valence-electron chi connectivity index (χ4n) is 4.78. The number of aromatic nitrogens is 3. The summed E-state index contributed by atoms with van der Waals surface area (Å²) in [4.78, 5) is 23.3. The Balaban J connectivity index is 1.66. The summed E-state index contributed by atoms with van der Waals surface area (Å²) in [5.74, 6) is -0.0935. The Bertz CT molecular complexity index is 1190. The van der Waals surface area contributed by atoms with E-state index in [0.29, 0.717) is 12.1 Å². The lowest BCUT2D eigenvalue weighted by Crippen LogP contribution is -2.58. The SMILES string of the molecule is Cc1cc(-c2cc(C(=O)NCC(C)(C)N3CC(C)OC(C)C3)c3cnn(C(C)C)c3n2)c(C)s1. The molecule has 0 radical (unpaired) electrons. The van der Waals surface area contributed by atoms with Crippen LogP contribution in [0.25, 0.3) is 22.3 Å². The zero-order chi connectivity index (χ0) is 24.8. The number of thiophene rings is 1. The molecule has 1 N–H and O–H groups in total. The maximum Gasteiger partial charge on any atom is 0.252 e. The first-order valence-corrected chi connectivity index (χ1v) is 12.9. The fourth-order valence-corrected chi connectivity index (χ4v) is 5.72. The van der Waals surface area contributed by atoms with E-state index < -0.39 is 0 Å². The van der Waals surface area contributed by atoms with E-state index in [9.17, 15) is 4.79 Å². The molecule has 184 valence electrons. The van der Waals surface area contributed by atoms with Crippen LogP contribution in [0, 0.1) is 13.8 Å². The number of morpholine rings is 1. The van der Waals surface area contributed by atoms with Crippen LogP contribution in [0.1, 0.15) is 67.7 Å². The number of carbonyl (C=O) groups excluding carboxylic acids is 1. The molecule has 7 nitrogen and oxygen atoms in total. The van der Waals surface area contributed by atoms with Gasteiger partial charge in [-0.3, -0.25) is 9.69 Å². The number of aryl methyl sites for hydroxylation is 2. The van der Waals surface area contributed by atoms with Crippen molar-refractivity contribution >= 4 is 28.3 Å². The third-order valence-electron chi connectivity index (χ3n) is 6.57. The van der Waals surface area contributed by atoms with Crippen LogP contribution < -0.4 is 5.32 Å². The van der Waals surface area contributed by atoms with Crippen LogP contribution in [0.3, 0.4) is 0 Å². The van der Waals surface area contributed by atoms with Crippen molar-refractivity contribution in [2.24, 2.45) is 0 Å². The average Bonchev–Trinajstić information content (AvgIpc) is 3.33.